The molecule has 0 unspecified atom stereocenters. The minimum atomic E-state index is -1.19. The molecule has 10 heteroatoms. The maximum absolute atomic E-state index is 14.6. The molecule has 10 nitrogen and oxygen atoms in total. The fourth-order valence-corrected chi connectivity index (χ4v) is 7.70. The number of ether oxygens (including phenoxy) is 2. The van der Waals surface area contributed by atoms with Crippen LogP contribution in [0, 0.1) is 17.8 Å². The van der Waals surface area contributed by atoms with Gasteiger partial charge in [-0.2, -0.15) is 0 Å². The van der Waals surface area contributed by atoms with Gasteiger partial charge in [0.1, 0.15) is 18.2 Å². The van der Waals surface area contributed by atoms with Gasteiger partial charge in [-0.3, -0.25) is 19.2 Å². The molecule has 0 aromatic heterocycles. The summed E-state index contributed by atoms with van der Waals surface area (Å²) in [4.78, 5) is 59.0. The average Bonchev–Trinajstić information content (AvgIpc) is 3.71. The number of carbonyl (C=O) groups is 4. The van der Waals surface area contributed by atoms with Crippen molar-refractivity contribution < 1.29 is 33.8 Å². The van der Waals surface area contributed by atoms with Crippen LogP contribution in [0.2, 0.25) is 0 Å². The van der Waals surface area contributed by atoms with E-state index in [4.69, 9.17) is 9.47 Å². The molecule has 1 spiro atoms. The van der Waals surface area contributed by atoms with Crippen molar-refractivity contribution in [2.24, 2.45) is 17.8 Å². The molecule has 3 fully saturated rings. The van der Waals surface area contributed by atoms with Gasteiger partial charge in [0.05, 0.1) is 36.6 Å². The predicted octanol–water partition coefficient (Wildman–Crippen LogP) is 4.34. The van der Waals surface area contributed by atoms with E-state index in [2.05, 4.69) is 25.4 Å². The molecule has 258 valence electrons. The van der Waals surface area contributed by atoms with Crippen LogP contribution >= 0.6 is 0 Å². The highest BCUT2D eigenvalue weighted by Gasteiger charge is 2.75. The Morgan fingerprint density at radius 3 is 2.57 bits per heavy atom. The number of allylic oxidation sites excluding steroid dienone is 1. The number of aliphatic hydroxyl groups is 1. The Balaban J connectivity index is 1.67. The van der Waals surface area contributed by atoms with Crippen LogP contribution in [-0.2, 0) is 28.7 Å². The fraction of sp³-hybridized carbons (Fsp3) is 0.622. The molecule has 3 amide bonds. The number of benzene rings is 1. The summed E-state index contributed by atoms with van der Waals surface area (Å²) in [5.74, 6) is -2.91. The quantitative estimate of drug-likeness (QED) is 0.130. The predicted molar refractivity (Wildman–Crippen MR) is 179 cm³/mol. The lowest BCUT2D eigenvalue weighted by Crippen LogP contribution is -2.59. The number of hydrogen-bond donors (Lipinski definition) is 2. The zero-order valence-electron chi connectivity index (χ0n) is 28.3. The van der Waals surface area contributed by atoms with E-state index in [9.17, 15) is 24.3 Å². The molecule has 2 bridgehead atoms. The lowest BCUT2D eigenvalue weighted by Gasteiger charge is -2.39. The molecule has 7 atom stereocenters. The van der Waals surface area contributed by atoms with Crippen molar-refractivity contribution in [3.63, 3.8) is 0 Å². The Morgan fingerprint density at radius 2 is 1.94 bits per heavy atom. The normalized spacial score (nSPS) is 25.7. The summed E-state index contributed by atoms with van der Waals surface area (Å²) >= 11 is 0. The van der Waals surface area contributed by atoms with E-state index in [1.165, 1.54) is 0 Å². The van der Waals surface area contributed by atoms with Crippen molar-refractivity contribution in [2.75, 3.05) is 26.3 Å². The molecule has 1 aromatic carbocycles. The van der Waals surface area contributed by atoms with Crippen LogP contribution in [0.1, 0.15) is 83.7 Å². The second-order valence-corrected chi connectivity index (χ2v) is 13.5. The minimum absolute atomic E-state index is 0.0732. The molecule has 0 aliphatic carbocycles. The first-order valence-corrected chi connectivity index (χ1v) is 17.3. The van der Waals surface area contributed by atoms with E-state index < -0.39 is 47.6 Å². The average molecular weight is 652 g/mol. The highest BCUT2D eigenvalue weighted by Crippen LogP contribution is 2.59. The number of nitrogens with one attached hydrogen (secondary N) is 1. The molecule has 4 rings (SSSR count). The van der Waals surface area contributed by atoms with Crippen LogP contribution in [0.5, 0.6) is 0 Å². The second kappa shape index (κ2) is 16.6. The third-order valence-electron chi connectivity index (χ3n) is 9.80. The molecule has 0 radical (unpaired) electrons. The number of carbonyl (C=O) groups excluding carboxylic acids is 4. The summed E-state index contributed by atoms with van der Waals surface area (Å²) < 4.78 is 12.2. The van der Waals surface area contributed by atoms with Gasteiger partial charge in [0.15, 0.2) is 0 Å². The number of amides is 3. The molecule has 0 saturated carbocycles. The van der Waals surface area contributed by atoms with E-state index in [1.54, 1.807) is 22.0 Å². The maximum atomic E-state index is 14.6. The lowest BCUT2D eigenvalue weighted by atomic mass is 9.70. The Morgan fingerprint density at radius 1 is 1.19 bits per heavy atom. The van der Waals surface area contributed by atoms with E-state index >= 15 is 0 Å². The molecule has 3 aliphatic heterocycles. The largest absolute Gasteiger partial charge is 0.463 e. The topological polar surface area (TPSA) is 125 Å². The smallest absolute Gasteiger partial charge is 0.306 e. The molecule has 3 heterocycles. The van der Waals surface area contributed by atoms with Gasteiger partial charge in [-0.25, -0.2) is 0 Å². The van der Waals surface area contributed by atoms with Gasteiger partial charge < -0.3 is 29.7 Å². The SMILES string of the molecule is C=CCCC(=O)OC[C@H](NC(=O)[C@@H]1[C@@H]2CC[C@]3(O2)[C@H](C(=O)N(CC=C)CCCCC)N([C@@H](CO)CC(C)C)C(=O)[C@@H]13)c1ccccc1. The highest BCUT2D eigenvalue weighted by atomic mass is 16.5. The molecule has 3 saturated heterocycles. The zero-order chi connectivity index (χ0) is 34.1. The van der Waals surface area contributed by atoms with Crippen LogP contribution in [-0.4, -0.2) is 88.7 Å². The van der Waals surface area contributed by atoms with Gasteiger partial charge in [-0.05, 0) is 43.6 Å². The number of hydrogen-bond acceptors (Lipinski definition) is 7. The van der Waals surface area contributed by atoms with Crippen molar-refractivity contribution in [2.45, 2.75) is 102 Å². The first-order valence-electron chi connectivity index (χ1n) is 17.3. The standard InChI is InChI=1S/C37H53N3O7/c1-6-9-14-21-39(20-8-3)36(45)33-37-19-18-29(47-37)31(32(37)35(44)40(33)27(23-41)22-25(4)5)34(43)38-28(26-15-12-11-13-16-26)24-46-30(42)17-10-7-2/h7-8,11-13,15-16,25,27-29,31-33,41H,2-3,6,9-10,14,17-24H2,1,4-5H3,(H,38,43)/t27-,28+,29+,31-,32-,33+,37-/m1/s1. The summed E-state index contributed by atoms with van der Waals surface area (Å²) in [6, 6.07) is 7.04. The highest BCUT2D eigenvalue weighted by molar-refractivity contribution is 5.99. The van der Waals surface area contributed by atoms with Crippen LogP contribution in [0.3, 0.4) is 0 Å². The molecule has 3 aliphatic rings. The molecule has 47 heavy (non-hydrogen) atoms. The summed E-state index contributed by atoms with van der Waals surface area (Å²) in [7, 11) is 0. The van der Waals surface area contributed by atoms with Crippen molar-refractivity contribution in [3.05, 3.63) is 61.2 Å². The number of fused-ring (bicyclic) bond motifs is 1. The van der Waals surface area contributed by atoms with E-state index in [1.807, 2.05) is 44.2 Å². The maximum Gasteiger partial charge on any atom is 0.306 e. The minimum Gasteiger partial charge on any atom is -0.463 e. The third kappa shape index (κ3) is 7.81. The summed E-state index contributed by atoms with van der Waals surface area (Å²) in [6.45, 7) is 14.1. The second-order valence-electron chi connectivity index (χ2n) is 13.5. The number of aliphatic hydroxyl groups excluding tert-OH is 1. The molecule has 1 aromatic rings. The Hall–Kier alpha value is -3.50. The summed E-state index contributed by atoms with van der Waals surface area (Å²) in [5, 5.41) is 13.6. The number of unbranched alkanes of at least 4 members (excludes halogenated alkanes) is 2. The van der Waals surface area contributed by atoms with Crippen molar-refractivity contribution in [1.82, 2.24) is 15.1 Å². The first kappa shape index (κ1) is 36.3. The molecule has 2 N–H and O–H groups in total. The van der Waals surface area contributed by atoms with Crippen molar-refractivity contribution in [1.29, 1.82) is 0 Å². The van der Waals surface area contributed by atoms with Crippen LogP contribution < -0.4 is 5.32 Å². The van der Waals surface area contributed by atoms with E-state index in [-0.39, 0.29) is 43.3 Å². The van der Waals surface area contributed by atoms with Gasteiger partial charge in [-0.15, -0.1) is 13.2 Å². The van der Waals surface area contributed by atoms with E-state index in [0.717, 1.165) is 24.8 Å². The Labute approximate surface area is 279 Å². The number of esters is 1. The van der Waals surface area contributed by atoms with Gasteiger partial charge in [0, 0.05) is 19.5 Å². The lowest BCUT2D eigenvalue weighted by molar-refractivity contribution is -0.151. The fourth-order valence-electron chi connectivity index (χ4n) is 7.70. The Bertz CT molecular complexity index is 1270. The van der Waals surface area contributed by atoms with Gasteiger partial charge >= 0.3 is 5.97 Å². The van der Waals surface area contributed by atoms with E-state index in [0.29, 0.717) is 38.8 Å². The van der Waals surface area contributed by atoms with Crippen LogP contribution in [0.4, 0.5) is 0 Å². The number of nitrogens with zero attached hydrogens (tertiary/aromatic N) is 2. The van der Waals surface area contributed by atoms with Gasteiger partial charge in [0.2, 0.25) is 17.7 Å². The summed E-state index contributed by atoms with van der Waals surface area (Å²) in [6.07, 6.45) is 7.72. The first-order chi connectivity index (χ1) is 22.6. The zero-order valence-corrected chi connectivity index (χ0v) is 28.3. The summed E-state index contributed by atoms with van der Waals surface area (Å²) in [5.41, 5.74) is -0.428. The van der Waals surface area contributed by atoms with Gasteiger partial charge in [0.25, 0.3) is 0 Å². The molecular formula is C37H53N3O7. The van der Waals surface area contributed by atoms with Gasteiger partial charge in [-0.1, -0.05) is 76.1 Å². The molecular weight excluding hydrogens is 598 g/mol. The number of likely N-dealkylation sites (tertiary alicyclic amines) is 1. The monoisotopic (exact) mass is 651 g/mol. The van der Waals surface area contributed by atoms with Crippen LogP contribution in [0.25, 0.3) is 0 Å². The third-order valence-corrected chi connectivity index (χ3v) is 9.80. The van der Waals surface area contributed by atoms with Crippen LogP contribution in [0.15, 0.2) is 55.6 Å². The Kier molecular flexibility index (Phi) is 12.8. The number of rotatable bonds is 19. The van der Waals surface area contributed by atoms with Crippen molar-refractivity contribution in [3.8, 4) is 0 Å². The van der Waals surface area contributed by atoms with Crippen molar-refractivity contribution >= 4 is 23.7 Å².